The minimum atomic E-state index is -4.36. The van der Waals surface area contributed by atoms with Gasteiger partial charge in [-0.25, -0.2) is 4.98 Å². The van der Waals surface area contributed by atoms with E-state index in [0.29, 0.717) is 17.3 Å². The fourth-order valence-corrected chi connectivity index (χ4v) is 2.29. The second-order valence-corrected chi connectivity index (χ2v) is 4.89. The number of rotatable bonds is 3. The van der Waals surface area contributed by atoms with E-state index in [4.69, 9.17) is 4.74 Å². The summed E-state index contributed by atoms with van der Waals surface area (Å²) in [6.07, 6.45) is -2.81. The van der Waals surface area contributed by atoms with E-state index >= 15 is 0 Å². The number of anilines is 1. The Hall–Kier alpha value is -2.76. The molecule has 0 saturated heterocycles. The van der Waals surface area contributed by atoms with E-state index in [2.05, 4.69) is 10.3 Å². The van der Waals surface area contributed by atoms with Crippen molar-refractivity contribution in [3.05, 3.63) is 60.3 Å². The Morgan fingerprint density at radius 2 is 1.61 bits per heavy atom. The third kappa shape index (κ3) is 3.06. The molecule has 0 aliphatic rings. The molecule has 0 amide bonds. The molecule has 118 valence electrons. The van der Waals surface area contributed by atoms with Gasteiger partial charge in [-0.1, -0.05) is 24.3 Å². The van der Waals surface area contributed by atoms with E-state index in [-0.39, 0.29) is 0 Å². The van der Waals surface area contributed by atoms with Crippen LogP contribution in [-0.4, -0.2) is 12.0 Å². The maximum absolute atomic E-state index is 12.6. The molecule has 3 rings (SSSR count). The van der Waals surface area contributed by atoms with Crippen LogP contribution >= 0.6 is 0 Å². The summed E-state index contributed by atoms with van der Waals surface area (Å²) in [7, 11) is 1.77. The van der Waals surface area contributed by atoms with Crippen LogP contribution in [0.2, 0.25) is 0 Å². The maximum atomic E-state index is 12.6. The number of nitrogens with one attached hydrogen (secondary N) is 1. The highest BCUT2D eigenvalue weighted by Crippen LogP contribution is 2.34. The summed E-state index contributed by atoms with van der Waals surface area (Å²) < 4.78 is 43.4. The molecule has 23 heavy (non-hydrogen) atoms. The zero-order valence-electron chi connectivity index (χ0n) is 12.2. The molecule has 0 aliphatic carbocycles. The van der Waals surface area contributed by atoms with Crippen LogP contribution in [0.1, 0.15) is 5.56 Å². The first-order valence-electron chi connectivity index (χ1n) is 6.89. The average Bonchev–Trinajstić information content (AvgIpc) is 2.55. The van der Waals surface area contributed by atoms with Crippen molar-refractivity contribution in [3.8, 4) is 11.5 Å². The largest absolute Gasteiger partial charge is 0.455 e. The number of hydrogen-bond acceptors (Lipinski definition) is 3. The third-order valence-corrected chi connectivity index (χ3v) is 3.40. The molecule has 0 atom stereocenters. The Morgan fingerprint density at radius 3 is 2.22 bits per heavy atom. The molecular formula is C17H13F3N2O. The second-order valence-electron chi connectivity index (χ2n) is 4.89. The predicted octanol–water partition coefficient (Wildman–Crippen LogP) is 5.09. The zero-order chi connectivity index (χ0) is 16.4. The van der Waals surface area contributed by atoms with Crippen molar-refractivity contribution in [3.63, 3.8) is 0 Å². The first-order valence-corrected chi connectivity index (χ1v) is 6.89. The molecule has 1 N–H and O–H groups in total. The fraction of sp³-hybridized carbons (Fsp3) is 0.118. The summed E-state index contributed by atoms with van der Waals surface area (Å²) in [5.74, 6) is 1.52. The van der Waals surface area contributed by atoms with E-state index in [1.54, 1.807) is 13.2 Å². The monoisotopic (exact) mass is 318 g/mol. The summed E-state index contributed by atoms with van der Waals surface area (Å²) in [4.78, 5) is 4.26. The van der Waals surface area contributed by atoms with E-state index < -0.39 is 11.7 Å². The van der Waals surface area contributed by atoms with Crippen LogP contribution in [-0.2, 0) is 6.18 Å². The molecule has 0 aliphatic heterocycles. The molecule has 2 aromatic carbocycles. The van der Waals surface area contributed by atoms with Crippen molar-refractivity contribution in [1.82, 2.24) is 4.98 Å². The van der Waals surface area contributed by atoms with Gasteiger partial charge in [0.25, 0.3) is 0 Å². The van der Waals surface area contributed by atoms with E-state index in [1.165, 1.54) is 12.1 Å². The van der Waals surface area contributed by atoms with E-state index in [0.717, 1.165) is 22.9 Å². The van der Waals surface area contributed by atoms with Gasteiger partial charge in [0.05, 0.1) is 11.8 Å². The van der Waals surface area contributed by atoms with Crippen LogP contribution in [0.5, 0.6) is 11.5 Å². The van der Waals surface area contributed by atoms with Crippen molar-refractivity contribution in [2.24, 2.45) is 0 Å². The lowest BCUT2D eigenvalue weighted by Crippen LogP contribution is -2.04. The minimum Gasteiger partial charge on any atom is -0.455 e. The predicted molar refractivity (Wildman–Crippen MR) is 82.8 cm³/mol. The van der Waals surface area contributed by atoms with Crippen LogP contribution < -0.4 is 10.1 Å². The number of aromatic nitrogens is 1. The molecule has 0 saturated carbocycles. The van der Waals surface area contributed by atoms with Crippen molar-refractivity contribution < 1.29 is 17.9 Å². The lowest BCUT2D eigenvalue weighted by molar-refractivity contribution is -0.137. The number of halogens is 3. The van der Waals surface area contributed by atoms with Crippen molar-refractivity contribution in [2.75, 3.05) is 12.4 Å². The number of hydrogen-bond donors (Lipinski definition) is 1. The molecule has 0 unspecified atom stereocenters. The number of nitrogens with zero attached hydrogens (tertiary/aromatic N) is 1. The van der Waals surface area contributed by atoms with Gasteiger partial charge < -0.3 is 10.1 Å². The summed E-state index contributed by atoms with van der Waals surface area (Å²) >= 11 is 0. The Bertz CT molecular complexity index is 829. The molecule has 0 fully saturated rings. The highest BCUT2D eigenvalue weighted by molar-refractivity contribution is 5.95. The van der Waals surface area contributed by atoms with Gasteiger partial charge in [0.1, 0.15) is 11.6 Å². The Kier molecular flexibility index (Phi) is 3.82. The molecule has 1 heterocycles. The van der Waals surface area contributed by atoms with Gasteiger partial charge in [0.2, 0.25) is 0 Å². The maximum Gasteiger partial charge on any atom is 0.416 e. The minimum absolute atomic E-state index is 0.321. The highest BCUT2D eigenvalue weighted by Gasteiger charge is 2.30. The molecule has 0 bridgehead atoms. The van der Waals surface area contributed by atoms with Gasteiger partial charge >= 0.3 is 6.18 Å². The lowest BCUT2D eigenvalue weighted by atomic mass is 10.1. The first kappa shape index (κ1) is 15.1. The number of benzene rings is 2. The number of ether oxygens (including phenoxy) is 1. The Labute approximate surface area is 130 Å². The smallest absolute Gasteiger partial charge is 0.416 e. The lowest BCUT2D eigenvalue weighted by Gasteiger charge is -2.12. The summed E-state index contributed by atoms with van der Waals surface area (Å²) in [5.41, 5.74) is -0.710. The Morgan fingerprint density at radius 1 is 0.957 bits per heavy atom. The summed E-state index contributed by atoms with van der Waals surface area (Å²) in [6, 6.07) is 12.1. The van der Waals surface area contributed by atoms with Crippen molar-refractivity contribution in [2.45, 2.75) is 6.18 Å². The van der Waals surface area contributed by atoms with E-state index in [9.17, 15) is 13.2 Å². The summed E-state index contributed by atoms with van der Waals surface area (Å²) in [5, 5.41) is 4.69. The summed E-state index contributed by atoms with van der Waals surface area (Å²) in [6.45, 7) is 0. The molecule has 3 nitrogen and oxygen atoms in total. The van der Waals surface area contributed by atoms with Crippen LogP contribution in [0.25, 0.3) is 10.8 Å². The SMILES string of the molecule is CNc1ncc(Oc2ccc(C(F)(F)F)cc2)c2ccccc12. The van der Waals surface area contributed by atoms with Crippen LogP contribution in [0.3, 0.4) is 0 Å². The fourth-order valence-electron chi connectivity index (χ4n) is 2.29. The van der Waals surface area contributed by atoms with Gasteiger partial charge in [-0.15, -0.1) is 0 Å². The van der Waals surface area contributed by atoms with Gasteiger partial charge in [-0.3, -0.25) is 0 Å². The third-order valence-electron chi connectivity index (χ3n) is 3.40. The van der Waals surface area contributed by atoms with Gasteiger partial charge in [0.15, 0.2) is 5.75 Å². The molecule has 1 aromatic heterocycles. The molecular weight excluding hydrogens is 305 g/mol. The molecule has 0 radical (unpaired) electrons. The molecule has 3 aromatic rings. The van der Waals surface area contributed by atoms with Crippen molar-refractivity contribution >= 4 is 16.6 Å². The topological polar surface area (TPSA) is 34.2 Å². The van der Waals surface area contributed by atoms with Crippen LogP contribution in [0.15, 0.2) is 54.7 Å². The highest BCUT2D eigenvalue weighted by atomic mass is 19.4. The number of alkyl halides is 3. The average molecular weight is 318 g/mol. The Balaban J connectivity index is 1.96. The standard InChI is InChI=1S/C17H13F3N2O/c1-21-16-14-5-3-2-4-13(14)15(10-22-16)23-12-8-6-11(7-9-12)17(18,19)20/h2-10H,1H3,(H,21,22). The van der Waals surface area contributed by atoms with Gasteiger partial charge in [-0.2, -0.15) is 13.2 Å². The van der Waals surface area contributed by atoms with Crippen molar-refractivity contribution in [1.29, 1.82) is 0 Å². The van der Waals surface area contributed by atoms with Gasteiger partial charge in [-0.05, 0) is 24.3 Å². The normalized spacial score (nSPS) is 11.5. The quantitative estimate of drug-likeness (QED) is 0.730. The zero-order valence-corrected chi connectivity index (χ0v) is 12.2. The van der Waals surface area contributed by atoms with Gasteiger partial charge in [0, 0.05) is 17.8 Å². The molecule has 6 heteroatoms. The molecule has 0 spiro atoms. The first-order chi connectivity index (χ1) is 11.0. The second kappa shape index (κ2) is 5.79. The van der Waals surface area contributed by atoms with E-state index in [1.807, 2.05) is 24.3 Å². The number of fused-ring (bicyclic) bond motifs is 1. The number of pyridine rings is 1. The van der Waals surface area contributed by atoms with Crippen LogP contribution in [0, 0.1) is 0 Å². The van der Waals surface area contributed by atoms with Crippen LogP contribution in [0.4, 0.5) is 19.0 Å².